The Morgan fingerprint density at radius 1 is 1.56 bits per heavy atom. The van der Waals surface area contributed by atoms with Gasteiger partial charge >= 0.3 is 0 Å². The lowest BCUT2D eigenvalue weighted by molar-refractivity contribution is -0.119. The lowest BCUT2D eigenvalue weighted by atomic mass is 10.3. The third-order valence-electron chi connectivity index (χ3n) is 2.27. The van der Waals surface area contributed by atoms with Crippen molar-refractivity contribution < 1.29 is 4.79 Å². The van der Waals surface area contributed by atoms with E-state index < -0.39 is 0 Å². The van der Waals surface area contributed by atoms with Crippen LogP contribution in [0.15, 0.2) is 23.4 Å². The first-order valence-electron chi connectivity index (χ1n) is 5.72. The van der Waals surface area contributed by atoms with Crippen LogP contribution in [0, 0.1) is 0 Å². The number of aromatic amines is 1. The first-order valence-corrected chi connectivity index (χ1v) is 6.70. The van der Waals surface area contributed by atoms with Gasteiger partial charge in [0.2, 0.25) is 5.91 Å². The van der Waals surface area contributed by atoms with E-state index in [9.17, 15) is 4.79 Å². The number of imidazole rings is 1. The molecular formula is C12H16N4OS. The van der Waals surface area contributed by atoms with Gasteiger partial charge in [-0.2, -0.15) is 0 Å². The van der Waals surface area contributed by atoms with Crippen LogP contribution in [0.5, 0.6) is 0 Å². The van der Waals surface area contributed by atoms with E-state index in [1.807, 2.05) is 32.0 Å². The third kappa shape index (κ3) is 3.16. The van der Waals surface area contributed by atoms with E-state index in [4.69, 9.17) is 5.73 Å². The van der Waals surface area contributed by atoms with Crippen molar-refractivity contribution in [3.63, 3.8) is 0 Å². The summed E-state index contributed by atoms with van der Waals surface area (Å²) in [5.74, 6) is 0.364. The van der Waals surface area contributed by atoms with Crippen LogP contribution >= 0.6 is 11.8 Å². The van der Waals surface area contributed by atoms with Crippen LogP contribution in [0.4, 0.5) is 5.69 Å². The molecule has 0 saturated heterocycles. The number of thioether (sulfide) groups is 1. The molecule has 0 spiro atoms. The largest absolute Gasteiger partial charge is 0.399 e. The molecule has 0 aliphatic rings. The molecule has 1 aromatic heterocycles. The molecule has 96 valence electrons. The quantitative estimate of drug-likeness (QED) is 0.580. The molecule has 0 atom stereocenters. The Morgan fingerprint density at radius 3 is 3.06 bits per heavy atom. The summed E-state index contributed by atoms with van der Waals surface area (Å²) in [6, 6.07) is 5.66. The Bertz CT molecular complexity index is 564. The van der Waals surface area contributed by atoms with E-state index in [0.717, 1.165) is 16.2 Å². The summed E-state index contributed by atoms with van der Waals surface area (Å²) in [6.07, 6.45) is 0. The minimum Gasteiger partial charge on any atom is -0.399 e. The van der Waals surface area contributed by atoms with Gasteiger partial charge in [-0.15, -0.1) is 0 Å². The maximum absolute atomic E-state index is 11.5. The van der Waals surface area contributed by atoms with Crippen LogP contribution in [0.1, 0.15) is 13.8 Å². The number of rotatable bonds is 4. The molecule has 1 amide bonds. The van der Waals surface area contributed by atoms with Crippen molar-refractivity contribution in [3.8, 4) is 0 Å². The van der Waals surface area contributed by atoms with Crippen molar-refractivity contribution in [3.05, 3.63) is 18.2 Å². The monoisotopic (exact) mass is 264 g/mol. The Kier molecular flexibility index (Phi) is 3.76. The molecule has 0 aliphatic heterocycles. The average Bonchev–Trinajstić information content (AvgIpc) is 2.67. The number of nitrogens with zero attached hydrogens (tertiary/aromatic N) is 1. The molecule has 0 unspecified atom stereocenters. The fraction of sp³-hybridized carbons (Fsp3) is 0.333. The second kappa shape index (κ2) is 5.30. The van der Waals surface area contributed by atoms with Gasteiger partial charge in [0.25, 0.3) is 0 Å². The van der Waals surface area contributed by atoms with Gasteiger partial charge in [-0.3, -0.25) is 4.79 Å². The standard InChI is InChI=1S/C12H16N4OS/c1-7(2)14-11(17)6-18-12-15-9-4-3-8(13)5-10(9)16-12/h3-5,7H,6,13H2,1-2H3,(H,14,17)(H,15,16). The molecule has 0 fully saturated rings. The van der Waals surface area contributed by atoms with Crippen molar-refractivity contribution in [1.82, 2.24) is 15.3 Å². The second-order valence-corrected chi connectivity index (χ2v) is 5.29. The Labute approximate surface area is 110 Å². The number of nitrogens with one attached hydrogen (secondary N) is 2. The highest BCUT2D eigenvalue weighted by atomic mass is 32.2. The lowest BCUT2D eigenvalue weighted by Gasteiger charge is -2.06. The predicted molar refractivity (Wildman–Crippen MR) is 74.5 cm³/mol. The maximum atomic E-state index is 11.5. The van der Waals surface area contributed by atoms with Crippen molar-refractivity contribution in [1.29, 1.82) is 0 Å². The van der Waals surface area contributed by atoms with Gasteiger partial charge in [0.1, 0.15) is 0 Å². The molecule has 0 bridgehead atoms. The first kappa shape index (κ1) is 12.8. The van der Waals surface area contributed by atoms with Gasteiger partial charge in [-0.25, -0.2) is 4.98 Å². The summed E-state index contributed by atoms with van der Waals surface area (Å²) in [4.78, 5) is 19.0. The number of carbonyl (C=O) groups is 1. The van der Waals surface area contributed by atoms with Crippen LogP contribution < -0.4 is 11.1 Å². The Morgan fingerprint density at radius 2 is 2.33 bits per heavy atom. The predicted octanol–water partition coefficient (Wildman–Crippen LogP) is 1.76. The number of benzene rings is 1. The van der Waals surface area contributed by atoms with E-state index in [0.29, 0.717) is 11.4 Å². The second-order valence-electron chi connectivity index (χ2n) is 4.33. The molecule has 5 nitrogen and oxygen atoms in total. The summed E-state index contributed by atoms with van der Waals surface area (Å²) in [6.45, 7) is 3.87. The van der Waals surface area contributed by atoms with E-state index in [-0.39, 0.29) is 11.9 Å². The number of aromatic nitrogens is 2. The number of carbonyl (C=O) groups excluding carboxylic acids is 1. The number of H-pyrrole nitrogens is 1. The average molecular weight is 264 g/mol. The normalized spacial score (nSPS) is 11.1. The molecule has 2 rings (SSSR count). The molecule has 4 N–H and O–H groups in total. The number of hydrogen-bond donors (Lipinski definition) is 3. The topological polar surface area (TPSA) is 83.8 Å². The molecule has 0 aliphatic carbocycles. The van der Waals surface area contributed by atoms with Crippen LogP contribution in [-0.4, -0.2) is 27.7 Å². The van der Waals surface area contributed by atoms with Gasteiger partial charge in [-0.05, 0) is 32.0 Å². The Balaban J connectivity index is 2.02. The minimum atomic E-state index is 0.00923. The lowest BCUT2D eigenvalue weighted by Crippen LogP contribution is -2.31. The number of fused-ring (bicyclic) bond motifs is 1. The molecular weight excluding hydrogens is 248 g/mol. The van der Waals surface area contributed by atoms with Crippen LogP contribution in [0.3, 0.4) is 0 Å². The van der Waals surface area contributed by atoms with Crippen molar-refractivity contribution in [2.45, 2.75) is 25.0 Å². The summed E-state index contributed by atoms with van der Waals surface area (Å²) >= 11 is 1.38. The fourth-order valence-corrected chi connectivity index (χ4v) is 2.27. The highest BCUT2D eigenvalue weighted by Gasteiger charge is 2.07. The number of anilines is 1. The summed E-state index contributed by atoms with van der Waals surface area (Å²) in [5.41, 5.74) is 8.13. The van der Waals surface area contributed by atoms with Gasteiger partial charge in [0, 0.05) is 11.7 Å². The van der Waals surface area contributed by atoms with Crippen LogP contribution in [-0.2, 0) is 4.79 Å². The minimum absolute atomic E-state index is 0.00923. The van der Waals surface area contributed by atoms with Crippen molar-refractivity contribution in [2.75, 3.05) is 11.5 Å². The maximum Gasteiger partial charge on any atom is 0.230 e. The Hall–Kier alpha value is -1.69. The number of amides is 1. The zero-order chi connectivity index (χ0) is 13.1. The van der Waals surface area contributed by atoms with Gasteiger partial charge in [-0.1, -0.05) is 11.8 Å². The smallest absolute Gasteiger partial charge is 0.230 e. The zero-order valence-corrected chi connectivity index (χ0v) is 11.2. The number of hydrogen-bond acceptors (Lipinski definition) is 4. The highest BCUT2D eigenvalue weighted by molar-refractivity contribution is 7.99. The summed E-state index contributed by atoms with van der Waals surface area (Å²) in [7, 11) is 0. The first-order chi connectivity index (χ1) is 8.54. The summed E-state index contributed by atoms with van der Waals surface area (Å²) < 4.78 is 0. The van der Waals surface area contributed by atoms with Crippen LogP contribution in [0.25, 0.3) is 11.0 Å². The SMILES string of the molecule is CC(C)NC(=O)CSc1nc2ccc(N)cc2[nH]1. The van der Waals surface area contributed by atoms with Gasteiger partial charge in [0.15, 0.2) is 5.16 Å². The molecule has 1 aromatic carbocycles. The number of nitrogens with two attached hydrogens (primary N) is 1. The molecule has 1 heterocycles. The third-order valence-corrected chi connectivity index (χ3v) is 3.15. The molecule has 6 heteroatoms. The van der Waals surface area contributed by atoms with Crippen LogP contribution in [0.2, 0.25) is 0 Å². The molecule has 0 saturated carbocycles. The van der Waals surface area contributed by atoms with Gasteiger partial charge < -0.3 is 16.0 Å². The zero-order valence-electron chi connectivity index (χ0n) is 10.4. The van der Waals surface area contributed by atoms with E-state index in [1.165, 1.54) is 11.8 Å². The van der Waals surface area contributed by atoms with E-state index in [2.05, 4.69) is 15.3 Å². The van der Waals surface area contributed by atoms with Gasteiger partial charge in [0.05, 0.1) is 16.8 Å². The summed E-state index contributed by atoms with van der Waals surface area (Å²) in [5, 5.41) is 3.57. The molecule has 2 aromatic rings. The van der Waals surface area contributed by atoms with Crippen molar-refractivity contribution in [2.24, 2.45) is 0 Å². The number of nitrogen functional groups attached to an aromatic ring is 1. The van der Waals surface area contributed by atoms with E-state index >= 15 is 0 Å². The molecule has 18 heavy (non-hydrogen) atoms. The molecule has 0 radical (unpaired) electrons. The van der Waals surface area contributed by atoms with Crippen molar-refractivity contribution >= 4 is 34.4 Å². The van der Waals surface area contributed by atoms with E-state index in [1.54, 1.807) is 0 Å². The highest BCUT2D eigenvalue weighted by Crippen LogP contribution is 2.20. The fourth-order valence-electron chi connectivity index (χ4n) is 1.57.